The third kappa shape index (κ3) is 5.46. The number of piperazine rings is 1. The van der Waals surface area contributed by atoms with E-state index in [0.29, 0.717) is 18.8 Å². The fraction of sp³-hybridized carbons (Fsp3) is 0.360. The fourth-order valence-corrected chi connectivity index (χ4v) is 4.16. The SMILES string of the molecule is Cc1cccc(CN2CCN(C(=O)COC(=O)c3cccc(N4C(=O)CCC4=O)c3)CC2)c1. The summed E-state index contributed by atoms with van der Waals surface area (Å²) in [5, 5.41) is 0. The van der Waals surface area contributed by atoms with Crippen molar-refractivity contribution >= 4 is 29.4 Å². The molecular formula is C25H27N3O5. The van der Waals surface area contributed by atoms with Crippen LogP contribution < -0.4 is 4.90 Å². The number of aryl methyl sites for hydroxylation is 1. The van der Waals surface area contributed by atoms with Gasteiger partial charge in [-0.3, -0.25) is 24.2 Å². The molecular weight excluding hydrogens is 422 g/mol. The van der Waals surface area contributed by atoms with Gasteiger partial charge in [0.25, 0.3) is 5.91 Å². The second-order valence-corrected chi connectivity index (χ2v) is 8.40. The molecule has 2 aromatic carbocycles. The van der Waals surface area contributed by atoms with Crippen LogP contribution in [0.1, 0.15) is 34.3 Å². The Morgan fingerprint density at radius 2 is 1.61 bits per heavy atom. The average Bonchev–Trinajstić information content (AvgIpc) is 3.15. The Morgan fingerprint density at radius 3 is 2.30 bits per heavy atom. The molecule has 0 bridgehead atoms. The summed E-state index contributed by atoms with van der Waals surface area (Å²) in [6, 6.07) is 14.6. The van der Waals surface area contributed by atoms with Crippen LogP contribution in [0.15, 0.2) is 48.5 Å². The number of ether oxygens (including phenoxy) is 1. The first-order chi connectivity index (χ1) is 15.9. The Labute approximate surface area is 192 Å². The lowest BCUT2D eigenvalue weighted by Gasteiger charge is -2.34. The number of carbonyl (C=O) groups is 4. The molecule has 2 aliphatic heterocycles. The van der Waals surface area contributed by atoms with E-state index in [4.69, 9.17) is 4.74 Å². The van der Waals surface area contributed by atoms with Gasteiger partial charge in [0, 0.05) is 45.6 Å². The average molecular weight is 450 g/mol. The van der Waals surface area contributed by atoms with Gasteiger partial charge in [0.05, 0.1) is 11.3 Å². The fourth-order valence-electron chi connectivity index (χ4n) is 4.16. The summed E-state index contributed by atoms with van der Waals surface area (Å²) >= 11 is 0. The van der Waals surface area contributed by atoms with Crippen LogP contribution in [0, 0.1) is 6.92 Å². The summed E-state index contributed by atoms with van der Waals surface area (Å²) in [5.41, 5.74) is 3.01. The van der Waals surface area contributed by atoms with E-state index < -0.39 is 5.97 Å². The quantitative estimate of drug-likeness (QED) is 0.496. The molecule has 2 aliphatic rings. The lowest BCUT2D eigenvalue weighted by Crippen LogP contribution is -2.49. The zero-order chi connectivity index (χ0) is 23.4. The molecule has 0 aromatic heterocycles. The van der Waals surface area contributed by atoms with Crippen molar-refractivity contribution in [1.82, 2.24) is 9.80 Å². The number of amides is 3. The molecule has 8 heteroatoms. The highest BCUT2D eigenvalue weighted by Gasteiger charge is 2.30. The Hall–Kier alpha value is -3.52. The smallest absolute Gasteiger partial charge is 0.338 e. The standard InChI is InChI=1S/C25H27N3O5/c1-18-4-2-5-19(14-18)16-26-10-12-27(13-11-26)24(31)17-33-25(32)20-6-3-7-21(15-20)28-22(29)8-9-23(28)30/h2-7,14-15H,8-13,16-17H2,1H3. The normalized spacial score (nSPS) is 16.9. The topological polar surface area (TPSA) is 87.2 Å². The highest BCUT2D eigenvalue weighted by molar-refractivity contribution is 6.20. The van der Waals surface area contributed by atoms with E-state index in [9.17, 15) is 19.2 Å². The number of benzene rings is 2. The molecule has 0 N–H and O–H groups in total. The van der Waals surface area contributed by atoms with Crippen molar-refractivity contribution in [3.05, 3.63) is 65.2 Å². The zero-order valence-corrected chi connectivity index (χ0v) is 18.7. The van der Waals surface area contributed by atoms with Crippen molar-refractivity contribution in [2.24, 2.45) is 0 Å². The number of rotatable bonds is 6. The Morgan fingerprint density at radius 1 is 0.909 bits per heavy atom. The maximum absolute atomic E-state index is 12.5. The van der Waals surface area contributed by atoms with Gasteiger partial charge < -0.3 is 9.64 Å². The van der Waals surface area contributed by atoms with Crippen molar-refractivity contribution in [2.75, 3.05) is 37.7 Å². The number of carbonyl (C=O) groups excluding carboxylic acids is 4. The number of anilines is 1. The van der Waals surface area contributed by atoms with Gasteiger partial charge in [0.1, 0.15) is 0 Å². The molecule has 0 saturated carbocycles. The van der Waals surface area contributed by atoms with Crippen molar-refractivity contribution in [1.29, 1.82) is 0 Å². The Balaban J connectivity index is 1.26. The van der Waals surface area contributed by atoms with Crippen molar-refractivity contribution in [3.63, 3.8) is 0 Å². The molecule has 3 amide bonds. The van der Waals surface area contributed by atoms with E-state index in [1.165, 1.54) is 23.3 Å². The lowest BCUT2D eigenvalue weighted by atomic mass is 10.1. The highest BCUT2D eigenvalue weighted by atomic mass is 16.5. The first kappa shape index (κ1) is 22.7. The van der Waals surface area contributed by atoms with Gasteiger partial charge in [-0.05, 0) is 30.7 Å². The van der Waals surface area contributed by atoms with Crippen molar-refractivity contribution in [2.45, 2.75) is 26.3 Å². The van der Waals surface area contributed by atoms with Gasteiger partial charge in [0.2, 0.25) is 11.8 Å². The van der Waals surface area contributed by atoms with Gasteiger partial charge in [0.15, 0.2) is 6.61 Å². The summed E-state index contributed by atoms with van der Waals surface area (Å²) in [5.74, 6) is -1.48. The minimum Gasteiger partial charge on any atom is -0.452 e. The molecule has 2 fully saturated rings. The maximum Gasteiger partial charge on any atom is 0.338 e. The molecule has 0 radical (unpaired) electrons. The summed E-state index contributed by atoms with van der Waals surface area (Å²) in [6.07, 6.45) is 0.334. The van der Waals surface area contributed by atoms with Gasteiger partial charge in [-0.1, -0.05) is 35.9 Å². The van der Waals surface area contributed by atoms with Gasteiger partial charge >= 0.3 is 5.97 Å². The lowest BCUT2D eigenvalue weighted by molar-refractivity contribution is -0.136. The van der Waals surface area contributed by atoms with Gasteiger partial charge in [-0.25, -0.2) is 4.79 Å². The van der Waals surface area contributed by atoms with E-state index >= 15 is 0 Å². The van der Waals surface area contributed by atoms with E-state index in [2.05, 4.69) is 36.1 Å². The second-order valence-electron chi connectivity index (χ2n) is 8.40. The summed E-state index contributed by atoms with van der Waals surface area (Å²) in [4.78, 5) is 53.9. The van der Waals surface area contributed by atoms with E-state index in [1.54, 1.807) is 17.0 Å². The van der Waals surface area contributed by atoms with Crippen LogP contribution in [0.5, 0.6) is 0 Å². The molecule has 0 atom stereocenters. The predicted octanol–water partition coefficient (Wildman–Crippen LogP) is 2.15. The van der Waals surface area contributed by atoms with Crippen molar-refractivity contribution in [3.8, 4) is 0 Å². The third-order valence-electron chi connectivity index (χ3n) is 5.93. The largest absolute Gasteiger partial charge is 0.452 e. The van der Waals surface area contributed by atoms with Crippen LogP contribution in [0.3, 0.4) is 0 Å². The molecule has 2 saturated heterocycles. The van der Waals surface area contributed by atoms with E-state index in [1.807, 2.05) is 0 Å². The Kier molecular flexibility index (Phi) is 6.84. The minimum absolute atomic E-state index is 0.167. The predicted molar refractivity (Wildman–Crippen MR) is 121 cm³/mol. The molecule has 4 rings (SSSR count). The second kappa shape index (κ2) is 9.95. The highest BCUT2D eigenvalue weighted by Crippen LogP contribution is 2.23. The summed E-state index contributed by atoms with van der Waals surface area (Å²) < 4.78 is 5.22. The number of imide groups is 1. The van der Waals surface area contributed by atoms with E-state index in [0.717, 1.165) is 24.5 Å². The zero-order valence-electron chi connectivity index (χ0n) is 18.7. The minimum atomic E-state index is -0.664. The van der Waals surface area contributed by atoms with Crippen LogP contribution >= 0.6 is 0 Å². The van der Waals surface area contributed by atoms with Crippen molar-refractivity contribution < 1.29 is 23.9 Å². The van der Waals surface area contributed by atoms with Gasteiger partial charge in [-0.15, -0.1) is 0 Å². The molecule has 8 nitrogen and oxygen atoms in total. The third-order valence-corrected chi connectivity index (χ3v) is 5.93. The number of hydrogen-bond donors (Lipinski definition) is 0. The van der Waals surface area contributed by atoms with E-state index in [-0.39, 0.29) is 42.7 Å². The first-order valence-corrected chi connectivity index (χ1v) is 11.1. The molecule has 172 valence electrons. The molecule has 0 unspecified atom stereocenters. The van der Waals surface area contributed by atoms with Crippen LogP contribution in [0.25, 0.3) is 0 Å². The molecule has 0 aliphatic carbocycles. The number of nitrogens with zero attached hydrogens (tertiary/aromatic N) is 3. The maximum atomic E-state index is 12.5. The molecule has 33 heavy (non-hydrogen) atoms. The van der Waals surface area contributed by atoms with Crippen LogP contribution in [0.2, 0.25) is 0 Å². The van der Waals surface area contributed by atoms with Crippen LogP contribution in [0.4, 0.5) is 5.69 Å². The summed E-state index contributed by atoms with van der Waals surface area (Å²) in [7, 11) is 0. The molecule has 2 heterocycles. The first-order valence-electron chi connectivity index (χ1n) is 11.1. The Bertz CT molecular complexity index is 1060. The number of hydrogen-bond acceptors (Lipinski definition) is 6. The van der Waals surface area contributed by atoms with Crippen LogP contribution in [-0.2, 0) is 25.7 Å². The molecule has 2 aromatic rings. The monoisotopic (exact) mass is 449 g/mol. The number of esters is 1. The summed E-state index contributed by atoms with van der Waals surface area (Å²) in [6.45, 7) is 5.25. The molecule has 0 spiro atoms. The van der Waals surface area contributed by atoms with Crippen LogP contribution in [-0.4, -0.2) is 66.3 Å². The van der Waals surface area contributed by atoms with Gasteiger partial charge in [-0.2, -0.15) is 0 Å².